The third-order valence-electron chi connectivity index (χ3n) is 6.68. The van der Waals surface area contributed by atoms with Crippen LogP contribution in [0.1, 0.15) is 49.4 Å². The molecule has 0 saturated carbocycles. The van der Waals surface area contributed by atoms with Crippen molar-refractivity contribution in [2.24, 2.45) is 0 Å². The average molecular weight is 564 g/mol. The number of benzene rings is 3. The summed E-state index contributed by atoms with van der Waals surface area (Å²) in [7, 11) is -4.09. The van der Waals surface area contributed by atoms with E-state index < -0.39 is 28.5 Å². The van der Waals surface area contributed by atoms with Crippen LogP contribution in [0.5, 0.6) is 0 Å². The summed E-state index contributed by atoms with van der Waals surface area (Å²) in [6.45, 7) is 11.1. The molecule has 0 aromatic heterocycles. The first-order valence-corrected chi connectivity index (χ1v) is 15.2. The quantitative estimate of drug-likeness (QED) is 0.329. The second-order valence-electron chi connectivity index (χ2n) is 10.6. The van der Waals surface area contributed by atoms with Gasteiger partial charge in [-0.3, -0.25) is 13.9 Å². The Hall–Kier alpha value is -3.65. The van der Waals surface area contributed by atoms with E-state index >= 15 is 0 Å². The van der Waals surface area contributed by atoms with Gasteiger partial charge >= 0.3 is 0 Å². The fourth-order valence-corrected chi connectivity index (χ4v) is 6.14. The van der Waals surface area contributed by atoms with Crippen molar-refractivity contribution >= 4 is 27.5 Å². The summed E-state index contributed by atoms with van der Waals surface area (Å²) in [5.74, 6) is -0.685. The molecule has 3 rings (SSSR count). The van der Waals surface area contributed by atoms with Gasteiger partial charge in [0.25, 0.3) is 10.0 Å². The third-order valence-corrected chi connectivity index (χ3v) is 8.47. The summed E-state index contributed by atoms with van der Waals surface area (Å²) in [4.78, 5) is 28.9. The molecule has 0 unspecified atom stereocenters. The largest absolute Gasteiger partial charge is 0.352 e. The lowest BCUT2D eigenvalue weighted by molar-refractivity contribution is -0.139. The number of hydrogen-bond donors (Lipinski definition) is 1. The maximum atomic E-state index is 14.1. The van der Waals surface area contributed by atoms with Crippen LogP contribution in [-0.2, 0) is 26.0 Å². The van der Waals surface area contributed by atoms with Crippen molar-refractivity contribution in [1.82, 2.24) is 10.2 Å². The van der Waals surface area contributed by atoms with Gasteiger partial charge in [-0.25, -0.2) is 8.42 Å². The maximum absolute atomic E-state index is 14.1. The van der Waals surface area contributed by atoms with Gasteiger partial charge in [-0.15, -0.1) is 0 Å². The number of carbonyl (C=O) groups excluding carboxylic acids is 2. The van der Waals surface area contributed by atoms with E-state index in [0.29, 0.717) is 18.5 Å². The predicted molar refractivity (Wildman–Crippen MR) is 161 cm³/mol. The normalized spacial score (nSPS) is 12.2. The lowest BCUT2D eigenvalue weighted by Gasteiger charge is -2.33. The number of anilines is 1. The van der Waals surface area contributed by atoms with Gasteiger partial charge in [-0.1, -0.05) is 61.0 Å². The van der Waals surface area contributed by atoms with Crippen molar-refractivity contribution in [3.63, 3.8) is 0 Å². The lowest BCUT2D eigenvalue weighted by atomic mass is 10.1. The minimum atomic E-state index is -4.09. The Kier molecular flexibility index (Phi) is 10.5. The Morgan fingerprint density at radius 3 is 2.00 bits per heavy atom. The van der Waals surface area contributed by atoms with E-state index in [9.17, 15) is 18.0 Å². The van der Waals surface area contributed by atoms with Crippen molar-refractivity contribution in [2.45, 2.75) is 71.4 Å². The van der Waals surface area contributed by atoms with Crippen LogP contribution in [0.2, 0.25) is 0 Å². The van der Waals surface area contributed by atoms with E-state index in [2.05, 4.69) is 5.32 Å². The Labute approximate surface area is 239 Å². The van der Waals surface area contributed by atoms with Crippen LogP contribution in [0.15, 0.2) is 77.7 Å². The van der Waals surface area contributed by atoms with Gasteiger partial charge in [-0.2, -0.15) is 0 Å². The fraction of sp³-hybridized carbons (Fsp3) is 0.375. The Morgan fingerprint density at radius 1 is 0.850 bits per heavy atom. The molecule has 214 valence electrons. The molecule has 7 nitrogen and oxygen atoms in total. The maximum Gasteiger partial charge on any atom is 0.264 e. The minimum Gasteiger partial charge on any atom is -0.352 e. The summed E-state index contributed by atoms with van der Waals surface area (Å²) in [6, 6.07) is 21.0. The highest BCUT2D eigenvalue weighted by Gasteiger charge is 2.33. The molecular weight excluding hydrogens is 522 g/mol. The van der Waals surface area contributed by atoms with Gasteiger partial charge in [0.2, 0.25) is 11.8 Å². The molecule has 0 aliphatic heterocycles. The van der Waals surface area contributed by atoms with Crippen molar-refractivity contribution in [2.75, 3.05) is 17.4 Å². The smallest absolute Gasteiger partial charge is 0.264 e. The summed E-state index contributed by atoms with van der Waals surface area (Å²) in [5, 5.41) is 2.92. The van der Waals surface area contributed by atoms with Crippen molar-refractivity contribution < 1.29 is 18.0 Å². The molecule has 3 aromatic carbocycles. The zero-order chi connectivity index (χ0) is 29.4. The first-order chi connectivity index (χ1) is 18.9. The van der Waals surface area contributed by atoms with Gasteiger partial charge in [0.05, 0.1) is 10.6 Å². The molecule has 0 bridgehead atoms. The van der Waals surface area contributed by atoms with Crippen LogP contribution in [0, 0.1) is 20.8 Å². The highest BCUT2D eigenvalue weighted by atomic mass is 32.2. The predicted octanol–water partition coefficient (Wildman–Crippen LogP) is 5.18. The van der Waals surface area contributed by atoms with Crippen molar-refractivity contribution in [3.8, 4) is 0 Å². The van der Waals surface area contributed by atoms with Crippen LogP contribution < -0.4 is 9.62 Å². The highest BCUT2D eigenvalue weighted by Crippen LogP contribution is 2.27. The number of carbonyl (C=O) groups is 2. The molecule has 0 aliphatic carbocycles. The highest BCUT2D eigenvalue weighted by molar-refractivity contribution is 7.92. The van der Waals surface area contributed by atoms with Crippen LogP contribution in [0.4, 0.5) is 5.69 Å². The number of sulfonamides is 1. The second-order valence-corrected chi connectivity index (χ2v) is 12.4. The number of nitrogens with zero attached hydrogens (tertiary/aromatic N) is 2. The number of rotatable bonds is 12. The topological polar surface area (TPSA) is 86.8 Å². The summed E-state index contributed by atoms with van der Waals surface area (Å²) in [6.07, 6.45) is 0.930. The lowest BCUT2D eigenvalue weighted by Crippen LogP contribution is -2.54. The summed E-state index contributed by atoms with van der Waals surface area (Å²) in [5.41, 5.74) is 4.14. The number of amides is 2. The monoisotopic (exact) mass is 563 g/mol. The van der Waals surface area contributed by atoms with Crippen LogP contribution in [0.25, 0.3) is 0 Å². The van der Waals surface area contributed by atoms with Gasteiger partial charge < -0.3 is 10.2 Å². The molecular formula is C32H41N3O4S. The SMILES string of the molecule is CC[C@H](C(=O)NC(C)C)N(CCc1ccccc1)C(=O)CN(c1cc(C)cc(C)c1)S(=O)(=O)c1ccc(C)cc1. The Bertz CT molecular complexity index is 1380. The van der Waals surface area contributed by atoms with E-state index in [1.165, 1.54) is 9.21 Å². The zero-order valence-corrected chi connectivity index (χ0v) is 25.2. The van der Waals surface area contributed by atoms with Crippen molar-refractivity contribution in [1.29, 1.82) is 0 Å². The third kappa shape index (κ3) is 7.94. The van der Waals surface area contributed by atoms with Gasteiger partial charge in [0, 0.05) is 12.6 Å². The molecule has 0 heterocycles. The van der Waals surface area contributed by atoms with Gasteiger partial charge in [-0.05, 0) is 88.4 Å². The number of aryl methyl sites for hydroxylation is 3. The van der Waals surface area contributed by atoms with E-state index in [1.54, 1.807) is 36.4 Å². The average Bonchev–Trinajstić information content (AvgIpc) is 2.89. The molecule has 2 amide bonds. The van der Waals surface area contributed by atoms with E-state index in [-0.39, 0.29) is 23.4 Å². The second kappa shape index (κ2) is 13.6. The number of hydrogen-bond acceptors (Lipinski definition) is 4. The standard InChI is InChI=1S/C32H41N3O4S/c1-7-30(32(37)33-23(2)3)34(18-17-27-11-9-8-10-12-27)31(36)22-35(28-20-25(5)19-26(6)21-28)40(38,39)29-15-13-24(4)14-16-29/h8-16,19-21,23,30H,7,17-18,22H2,1-6H3,(H,33,37)/t30-/m1/s1. The molecule has 0 saturated heterocycles. The van der Waals surface area contributed by atoms with Crippen molar-refractivity contribution in [3.05, 3.63) is 95.1 Å². The molecule has 1 N–H and O–H groups in total. The fourth-order valence-electron chi connectivity index (χ4n) is 4.74. The van der Waals surface area contributed by atoms with Gasteiger partial charge in [0.1, 0.15) is 12.6 Å². The molecule has 0 aliphatic rings. The first kappa shape index (κ1) is 30.9. The number of nitrogens with one attached hydrogen (secondary N) is 1. The molecule has 0 radical (unpaired) electrons. The Morgan fingerprint density at radius 2 is 1.45 bits per heavy atom. The Balaban J connectivity index is 2.04. The molecule has 8 heteroatoms. The summed E-state index contributed by atoms with van der Waals surface area (Å²) >= 11 is 0. The summed E-state index contributed by atoms with van der Waals surface area (Å²) < 4.78 is 29.2. The van der Waals surface area contributed by atoms with Gasteiger partial charge in [0.15, 0.2) is 0 Å². The van der Waals surface area contributed by atoms with Crippen LogP contribution in [0.3, 0.4) is 0 Å². The molecule has 0 spiro atoms. The van der Waals surface area contributed by atoms with E-state index in [1.807, 2.05) is 77.9 Å². The van der Waals surface area contributed by atoms with Crippen LogP contribution in [-0.4, -0.2) is 50.3 Å². The first-order valence-electron chi connectivity index (χ1n) is 13.7. The molecule has 0 fully saturated rings. The minimum absolute atomic E-state index is 0.0960. The molecule has 3 aromatic rings. The molecule has 40 heavy (non-hydrogen) atoms. The van der Waals surface area contributed by atoms with Crippen LogP contribution >= 0.6 is 0 Å². The zero-order valence-electron chi connectivity index (χ0n) is 24.3. The van der Waals surface area contributed by atoms with E-state index in [0.717, 1.165) is 22.3 Å². The molecule has 1 atom stereocenters. The van der Waals surface area contributed by atoms with E-state index in [4.69, 9.17) is 0 Å².